The minimum Gasteiger partial charge on any atom is -0.396 e. The first-order valence-electron chi connectivity index (χ1n) is 4.69. The summed E-state index contributed by atoms with van der Waals surface area (Å²) < 4.78 is 0. The first kappa shape index (κ1) is 11.9. The van der Waals surface area contributed by atoms with Crippen molar-refractivity contribution in [3.05, 3.63) is 0 Å². The van der Waals surface area contributed by atoms with E-state index in [1.807, 2.05) is 6.92 Å². The van der Waals surface area contributed by atoms with Crippen LogP contribution in [0.15, 0.2) is 0 Å². The molecule has 0 saturated carbocycles. The molecule has 0 radical (unpaired) electrons. The van der Waals surface area contributed by atoms with Gasteiger partial charge in [0.15, 0.2) is 0 Å². The predicted octanol–water partition coefficient (Wildman–Crippen LogP) is 0.671. The van der Waals surface area contributed by atoms with Gasteiger partial charge in [-0.25, -0.2) is 0 Å². The summed E-state index contributed by atoms with van der Waals surface area (Å²) in [4.78, 5) is 0. The van der Waals surface area contributed by atoms with E-state index in [-0.39, 0.29) is 6.61 Å². The Morgan fingerprint density at radius 2 is 1.50 bits per heavy atom. The minimum absolute atomic E-state index is 0.0809. The normalized spacial score (nSPS) is 16.0. The highest BCUT2D eigenvalue weighted by Crippen LogP contribution is 2.08. The van der Waals surface area contributed by atoms with Gasteiger partial charge in [0.1, 0.15) is 0 Å². The maximum atomic E-state index is 9.34. The Balaban J connectivity index is 3.39. The van der Waals surface area contributed by atoms with Crippen LogP contribution in [0.1, 0.15) is 39.0 Å². The zero-order valence-corrected chi connectivity index (χ0v) is 7.74. The molecule has 0 aliphatic heterocycles. The molecular weight excluding hydrogens is 156 g/mol. The molecule has 3 heteroatoms. The van der Waals surface area contributed by atoms with Gasteiger partial charge in [0.25, 0.3) is 0 Å². The number of aliphatic hydroxyl groups is 3. The van der Waals surface area contributed by atoms with Crippen molar-refractivity contribution in [3.8, 4) is 0 Å². The van der Waals surface area contributed by atoms with Gasteiger partial charge >= 0.3 is 0 Å². The van der Waals surface area contributed by atoms with E-state index >= 15 is 0 Å². The van der Waals surface area contributed by atoms with Crippen LogP contribution in [0, 0.1) is 0 Å². The van der Waals surface area contributed by atoms with Gasteiger partial charge < -0.3 is 15.3 Å². The second kappa shape index (κ2) is 7.53. The van der Waals surface area contributed by atoms with Crippen LogP contribution in [-0.4, -0.2) is 34.1 Å². The largest absolute Gasteiger partial charge is 0.396 e. The van der Waals surface area contributed by atoms with Gasteiger partial charge in [0.2, 0.25) is 0 Å². The number of rotatable bonds is 7. The molecular formula is C9H20O3. The monoisotopic (exact) mass is 176 g/mol. The SMILES string of the molecule is CCCC[C@@H](O)[C@@H](O)CCCO. The summed E-state index contributed by atoms with van der Waals surface area (Å²) >= 11 is 0. The lowest BCUT2D eigenvalue weighted by Gasteiger charge is -2.16. The molecule has 3 nitrogen and oxygen atoms in total. The van der Waals surface area contributed by atoms with Crippen molar-refractivity contribution in [1.82, 2.24) is 0 Å². The summed E-state index contributed by atoms with van der Waals surface area (Å²) in [6.45, 7) is 2.13. The molecule has 0 fully saturated rings. The first-order valence-corrected chi connectivity index (χ1v) is 4.69. The maximum absolute atomic E-state index is 9.34. The van der Waals surface area contributed by atoms with Crippen molar-refractivity contribution in [2.75, 3.05) is 6.61 Å². The highest BCUT2D eigenvalue weighted by molar-refractivity contribution is 4.66. The lowest BCUT2D eigenvalue weighted by Crippen LogP contribution is -2.25. The van der Waals surface area contributed by atoms with Crippen molar-refractivity contribution >= 4 is 0 Å². The van der Waals surface area contributed by atoms with E-state index in [9.17, 15) is 10.2 Å². The molecule has 3 N–H and O–H groups in total. The van der Waals surface area contributed by atoms with E-state index in [0.29, 0.717) is 19.3 Å². The highest BCUT2D eigenvalue weighted by Gasteiger charge is 2.14. The third kappa shape index (κ3) is 5.52. The van der Waals surface area contributed by atoms with Gasteiger partial charge in [-0.15, -0.1) is 0 Å². The smallest absolute Gasteiger partial charge is 0.0800 e. The number of unbranched alkanes of at least 4 members (excludes halogenated alkanes) is 1. The van der Waals surface area contributed by atoms with Crippen LogP contribution in [0.25, 0.3) is 0 Å². The second-order valence-corrected chi connectivity index (χ2v) is 3.14. The van der Waals surface area contributed by atoms with E-state index in [1.165, 1.54) is 0 Å². The van der Waals surface area contributed by atoms with Crippen molar-refractivity contribution in [2.24, 2.45) is 0 Å². The zero-order valence-electron chi connectivity index (χ0n) is 7.74. The Morgan fingerprint density at radius 1 is 1.00 bits per heavy atom. The van der Waals surface area contributed by atoms with Crippen LogP contribution in [0.3, 0.4) is 0 Å². The molecule has 0 aliphatic rings. The first-order chi connectivity index (χ1) is 5.72. The van der Waals surface area contributed by atoms with Gasteiger partial charge in [0, 0.05) is 6.61 Å². The Hall–Kier alpha value is -0.120. The molecule has 0 amide bonds. The molecule has 0 rings (SSSR count). The quantitative estimate of drug-likeness (QED) is 0.534. The summed E-state index contributed by atoms with van der Waals surface area (Å²) in [5.74, 6) is 0. The molecule has 0 spiro atoms. The van der Waals surface area contributed by atoms with Crippen molar-refractivity contribution in [2.45, 2.75) is 51.2 Å². The topological polar surface area (TPSA) is 60.7 Å². The third-order valence-electron chi connectivity index (χ3n) is 1.96. The fourth-order valence-electron chi connectivity index (χ4n) is 1.10. The Morgan fingerprint density at radius 3 is 1.92 bits per heavy atom. The molecule has 0 heterocycles. The maximum Gasteiger partial charge on any atom is 0.0800 e. The summed E-state index contributed by atoms with van der Waals surface area (Å²) in [5, 5.41) is 27.1. The predicted molar refractivity (Wildman–Crippen MR) is 47.9 cm³/mol. The fourth-order valence-corrected chi connectivity index (χ4v) is 1.10. The lowest BCUT2D eigenvalue weighted by molar-refractivity contribution is 0.00548. The number of hydrogen-bond acceptors (Lipinski definition) is 3. The van der Waals surface area contributed by atoms with E-state index in [4.69, 9.17) is 5.11 Å². The molecule has 74 valence electrons. The van der Waals surface area contributed by atoms with Crippen LogP contribution in [0.5, 0.6) is 0 Å². The number of hydrogen-bond donors (Lipinski definition) is 3. The molecule has 0 bridgehead atoms. The van der Waals surface area contributed by atoms with Gasteiger partial charge in [-0.1, -0.05) is 19.8 Å². The summed E-state index contributed by atoms with van der Waals surface area (Å²) in [6.07, 6.45) is 2.40. The van der Waals surface area contributed by atoms with Gasteiger partial charge in [-0.3, -0.25) is 0 Å². The Labute approximate surface area is 74.0 Å². The van der Waals surface area contributed by atoms with Crippen molar-refractivity contribution in [1.29, 1.82) is 0 Å². The van der Waals surface area contributed by atoms with Crippen molar-refractivity contribution < 1.29 is 15.3 Å². The second-order valence-electron chi connectivity index (χ2n) is 3.14. The zero-order chi connectivity index (χ0) is 9.40. The Kier molecular flexibility index (Phi) is 7.45. The third-order valence-corrected chi connectivity index (χ3v) is 1.96. The average Bonchev–Trinajstić information content (AvgIpc) is 2.10. The number of aliphatic hydroxyl groups excluding tert-OH is 3. The minimum atomic E-state index is -0.663. The van der Waals surface area contributed by atoms with Gasteiger partial charge in [-0.05, 0) is 19.3 Å². The molecule has 0 aromatic rings. The van der Waals surface area contributed by atoms with Crippen LogP contribution in [0.2, 0.25) is 0 Å². The summed E-state index contributed by atoms with van der Waals surface area (Å²) in [6, 6.07) is 0. The molecule has 0 aromatic carbocycles. The van der Waals surface area contributed by atoms with Gasteiger partial charge in [0.05, 0.1) is 12.2 Å². The molecule has 0 saturated heterocycles. The average molecular weight is 176 g/mol. The van der Waals surface area contributed by atoms with Crippen molar-refractivity contribution in [3.63, 3.8) is 0 Å². The van der Waals surface area contributed by atoms with E-state index < -0.39 is 12.2 Å². The molecule has 2 atom stereocenters. The van der Waals surface area contributed by atoms with Crippen LogP contribution < -0.4 is 0 Å². The van der Waals surface area contributed by atoms with E-state index in [0.717, 1.165) is 12.8 Å². The molecule has 12 heavy (non-hydrogen) atoms. The van der Waals surface area contributed by atoms with E-state index in [2.05, 4.69) is 0 Å². The molecule has 0 aliphatic carbocycles. The van der Waals surface area contributed by atoms with Crippen LogP contribution in [0.4, 0.5) is 0 Å². The summed E-state index contributed by atoms with van der Waals surface area (Å²) in [7, 11) is 0. The Bertz CT molecular complexity index is 83.8. The molecule has 0 aromatic heterocycles. The van der Waals surface area contributed by atoms with Crippen LogP contribution >= 0.6 is 0 Å². The summed E-state index contributed by atoms with van der Waals surface area (Å²) in [5.41, 5.74) is 0. The standard InChI is InChI=1S/C9H20O3/c1-2-3-5-8(11)9(12)6-4-7-10/h8-12H,2-7H2,1H3/t8-,9+/m1/s1. The molecule has 0 unspecified atom stereocenters. The van der Waals surface area contributed by atoms with E-state index in [1.54, 1.807) is 0 Å². The highest BCUT2D eigenvalue weighted by atomic mass is 16.3. The van der Waals surface area contributed by atoms with Gasteiger partial charge in [-0.2, -0.15) is 0 Å². The van der Waals surface area contributed by atoms with Crippen LogP contribution in [-0.2, 0) is 0 Å². The lowest BCUT2D eigenvalue weighted by atomic mass is 10.0. The fraction of sp³-hybridized carbons (Fsp3) is 1.00.